The molecule has 0 aliphatic rings. The molecule has 78 valence electrons. The molecule has 1 aromatic heterocycles. The van der Waals surface area contributed by atoms with Gasteiger partial charge in [0.2, 0.25) is 0 Å². The van der Waals surface area contributed by atoms with Crippen LogP contribution in [0.5, 0.6) is 0 Å². The number of hydrogen-bond acceptors (Lipinski definition) is 2. The quantitative estimate of drug-likeness (QED) is 0.816. The van der Waals surface area contributed by atoms with Gasteiger partial charge in [0, 0.05) is 24.4 Å². The smallest absolute Gasteiger partial charge is 0.327 e. The maximum absolute atomic E-state index is 11.9. The molecule has 0 amide bonds. The normalized spacial score (nSPS) is 14.0. The van der Waals surface area contributed by atoms with E-state index >= 15 is 0 Å². The van der Waals surface area contributed by atoms with Crippen LogP contribution in [-0.4, -0.2) is 17.2 Å². The summed E-state index contributed by atoms with van der Waals surface area (Å²) in [5.41, 5.74) is 5.92. The SMILES string of the molecule is NC(Cc1ccccn1)CC(F)(F)F. The van der Waals surface area contributed by atoms with Gasteiger partial charge in [-0.1, -0.05) is 6.07 Å². The van der Waals surface area contributed by atoms with Crippen molar-refractivity contribution in [1.29, 1.82) is 0 Å². The van der Waals surface area contributed by atoms with E-state index in [1.54, 1.807) is 18.2 Å². The van der Waals surface area contributed by atoms with E-state index in [0.717, 1.165) is 0 Å². The zero-order valence-corrected chi connectivity index (χ0v) is 7.46. The Balaban J connectivity index is 2.46. The summed E-state index contributed by atoms with van der Waals surface area (Å²) in [6, 6.07) is 4.18. The minimum Gasteiger partial charge on any atom is -0.327 e. The monoisotopic (exact) mass is 204 g/mol. The predicted octanol–water partition coefficient (Wildman–Crippen LogP) is 1.90. The van der Waals surface area contributed by atoms with Gasteiger partial charge in [0.25, 0.3) is 0 Å². The molecule has 0 bridgehead atoms. The third-order valence-electron chi connectivity index (χ3n) is 1.69. The average molecular weight is 204 g/mol. The number of halogens is 3. The molecule has 2 nitrogen and oxygen atoms in total. The number of nitrogens with two attached hydrogens (primary N) is 1. The lowest BCUT2D eigenvalue weighted by molar-refractivity contribution is -0.138. The highest BCUT2D eigenvalue weighted by molar-refractivity contribution is 5.05. The first-order valence-electron chi connectivity index (χ1n) is 4.19. The Morgan fingerprint density at radius 3 is 2.57 bits per heavy atom. The highest BCUT2D eigenvalue weighted by Crippen LogP contribution is 2.21. The number of hydrogen-bond donors (Lipinski definition) is 1. The van der Waals surface area contributed by atoms with Gasteiger partial charge in [-0.25, -0.2) is 0 Å². The first-order valence-corrected chi connectivity index (χ1v) is 4.19. The minimum absolute atomic E-state index is 0.153. The average Bonchev–Trinajstić information content (AvgIpc) is 2.02. The standard InChI is InChI=1S/C9H11F3N2/c10-9(11,12)6-7(13)5-8-3-1-2-4-14-8/h1-4,7H,5-6,13H2. The maximum Gasteiger partial charge on any atom is 0.390 e. The Morgan fingerprint density at radius 1 is 1.36 bits per heavy atom. The fourth-order valence-corrected chi connectivity index (χ4v) is 1.16. The summed E-state index contributed by atoms with van der Waals surface area (Å²) < 4.78 is 35.7. The van der Waals surface area contributed by atoms with Gasteiger partial charge in [-0.15, -0.1) is 0 Å². The summed E-state index contributed by atoms with van der Waals surface area (Å²) in [5, 5.41) is 0. The molecule has 14 heavy (non-hydrogen) atoms. The molecule has 0 saturated carbocycles. The van der Waals surface area contributed by atoms with Crippen molar-refractivity contribution in [2.24, 2.45) is 5.73 Å². The second kappa shape index (κ2) is 4.41. The number of aromatic nitrogens is 1. The molecule has 0 spiro atoms. The second-order valence-electron chi connectivity index (χ2n) is 3.10. The van der Waals surface area contributed by atoms with E-state index in [4.69, 9.17) is 5.73 Å². The van der Waals surface area contributed by atoms with Crippen molar-refractivity contribution in [1.82, 2.24) is 4.98 Å². The first-order chi connectivity index (χ1) is 6.47. The third-order valence-corrected chi connectivity index (χ3v) is 1.69. The van der Waals surface area contributed by atoms with Crippen LogP contribution in [0.1, 0.15) is 12.1 Å². The summed E-state index contributed by atoms with van der Waals surface area (Å²) in [5.74, 6) is 0. The van der Waals surface area contributed by atoms with E-state index in [1.165, 1.54) is 6.20 Å². The van der Waals surface area contributed by atoms with Crippen LogP contribution in [0.2, 0.25) is 0 Å². The van der Waals surface area contributed by atoms with E-state index in [9.17, 15) is 13.2 Å². The molecule has 0 aliphatic heterocycles. The number of alkyl halides is 3. The van der Waals surface area contributed by atoms with E-state index in [0.29, 0.717) is 5.69 Å². The van der Waals surface area contributed by atoms with Crippen LogP contribution in [0.3, 0.4) is 0 Å². The lowest BCUT2D eigenvalue weighted by Crippen LogP contribution is -2.29. The van der Waals surface area contributed by atoms with E-state index in [2.05, 4.69) is 4.98 Å². The van der Waals surface area contributed by atoms with E-state index in [-0.39, 0.29) is 6.42 Å². The van der Waals surface area contributed by atoms with E-state index in [1.807, 2.05) is 0 Å². The van der Waals surface area contributed by atoms with Gasteiger partial charge in [0.1, 0.15) is 0 Å². The van der Waals surface area contributed by atoms with Crippen LogP contribution in [0.15, 0.2) is 24.4 Å². The van der Waals surface area contributed by atoms with Gasteiger partial charge in [0.05, 0.1) is 6.42 Å². The Bertz CT molecular complexity index is 271. The molecular formula is C9H11F3N2. The summed E-state index contributed by atoms with van der Waals surface area (Å²) in [6.07, 6.45) is -3.48. The molecule has 0 radical (unpaired) electrons. The third kappa shape index (κ3) is 4.23. The molecule has 0 saturated heterocycles. The lowest BCUT2D eigenvalue weighted by atomic mass is 10.1. The van der Waals surface area contributed by atoms with Gasteiger partial charge < -0.3 is 5.73 Å². The van der Waals surface area contributed by atoms with Crippen molar-refractivity contribution in [3.8, 4) is 0 Å². The largest absolute Gasteiger partial charge is 0.390 e. The summed E-state index contributed by atoms with van der Waals surface area (Å²) in [6.45, 7) is 0. The Labute approximate surface area is 79.9 Å². The van der Waals surface area contributed by atoms with Crippen LogP contribution >= 0.6 is 0 Å². The zero-order valence-electron chi connectivity index (χ0n) is 7.46. The van der Waals surface area contributed by atoms with Crippen LogP contribution in [0, 0.1) is 0 Å². The van der Waals surface area contributed by atoms with Gasteiger partial charge in [0.15, 0.2) is 0 Å². The van der Waals surface area contributed by atoms with Crippen LogP contribution in [-0.2, 0) is 6.42 Å². The molecule has 0 aromatic carbocycles. The minimum atomic E-state index is -4.20. The van der Waals surface area contributed by atoms with Crippen molar-refractivity contribution in [2.75, 3.05) is 0 Å². The van der Waals surface area contributed by atoms with Gasteiger partial charge in [-0.2, -0.15) is 13.2 Å². The number of nitrogens with zero attached hydrogens (tertiary/aromatic N) is 1. The molecule has 1 heterocycles. The Hall–Kier alpha value is -1.10. The van der Waals surface area contributed by atoms with Crippen molar-refractivity contribution in [3.63, 3.8) is 0 Å². The predicted molar refractivity (Wildman–Crippen MR) is 46.6 cm³/mol. The molecule has 1 atom stereocenters. The van der Waals surface area contributed by atoms with Crippen molar-refractivity contribution in [2.45, 2.75) is 25.1 Å². The molecule has 5 heteroatoms. The Kier molecular flexibility index (Phi) is 3.46. The van der Waals surface area contributed by atoms with E-state index < -0.39 is 18.6 Å². The van der Waals surface area contributed by atoms with Gasteiger partial charge in [-0.05, 0) is 12.1 Å². The molecule has 0 aliphatic carbocycles. The lowest BCUT2D eigenvalue weighted by Gasteiger charge is -2.13. The highest BCUT2D eigenvalue weighted by atomic mass is 19.4. The molecule has 0 fully saturated rings. The highest BCUT2D eigenvalue weighted by Gasteiger charge is 2.30. The first kappa shape index (κ1) is 11.0. The second-order valence-corrected chi connectivity index (χ2v) is 3.10. The number of pyridine rings is 1. The van der Waals surface area contributed by atoms with Crippen molar-refractivity contribution in [3.05, 3.63) is 30.1 Å². The summed E-state index contributed by atoms with van der Waals surface area (Å²) in [7, 11) is 0. The topological polar surface area (TPSA) is 38.9 Å². The maximum atomic E-state index is 11.9. The van der Waals surface area contributed by atoms with Gasteiger partial charge in [-0.3, -0.25) is 4.98 Å². The summed E-state index contributed by atoms with van der Waals surface area (Å²) >= 11 is 0. The molecule has 2 N–H and O–H groups in total. The van der Waals surface area contributed by atoms with Gasteiger partial charge >= 0.3 is 6.18 Å². The number of rotatable bonds is 3. The van der Waals surface area contributed by atoms with Crippen LogP contribution in [0.25, 0.3) is 0 Å². The van der Waals surface area contributed by atoms with Crippen LogP contribution < -0.4 is 5.73 Å². The Morgan fingerprint density at radius 2 is 2.07 bits per heavy atom. The molecule has 1 unspecified atom stereocenters. The zero-order chi connectivity index (χ0) is 10.6. The fourth-order valence-electron chi connectivity index (χ4n) is 1.16. The molecule has 1 rings (SSSR count). The molecule has 1 aromatic rings. The summed E-state index contributed by atoms with van der Waals surface area (Å²) in [4.78, 5) is 3.90. The van der Waals surface area contributed by atoms with Crippen molar-refractivity contribution >= 4 is 0 Å². The van der Waals surface area contributed by atoms with Crippen molar-refractivity contribution < 1.29 is 13.2 Å². The fraction of sp³-hybridized carbons (Fsp3) is 0.444. The van der Waals surface area contributed by atoms with Crippen LogP contribution in [0.4, 0.5) is 13.2 Å². The molecular weight excluding hydrogens is 193 g/mol.